The van der Waals surface area contributed by atoms with Crippen molar-refractivity contribution in [2.24, 2.45) is 0 Å². The van der Waals surface area contributed by atoms with Gasteiger partial charge in [0.25, 0.3) is 5.56 Å². The lowest BCUT2D eigenvalue weighted by Gasteiger charge is -2.27. The average molecular weight is 437 g/mol. The van der Waals surface area contributed by atoms with Crippen LogP contribution in [0.15, 0.2) is 47.3 Å². The molecule has 0 atom stereocenters. The number of benzene rings is 2. The number of hydrogen-bond donors (Lipinski definition) is 1. The predicted molar refractivity (Wildman–Crippen MR) is 123 cm³/mol. The maximum absolute atomic E-state index is 13.3. The molecule has 0 aliphatic carbocycles. The zero-order valence-corrected chi connectivity index (χ0v) is 18.5. The Hall–Kier alpha value is -3.55. The fraction of sp³-hybridized carbons (Fsp3) is 0.375. The molecule has 8 nitrogen and oxygen atoms in total. The number of nitrogens with one attached hydrogen (secondary N) is 1. The smallest absolute Gasteiger partial charge is 0.294 e. The van der Waals surface area contributed by atoms with Crippen molar-refractivity contribution in [3.63, 3.8) is 0 Å². The van der Waals surface area contributed by atoms with Gasteiger partial charge in [0.05, 0.1) is 25.3 Å². The fourth-order valence-corrected chi connectivity index (χ4v) is 4.13. The van der Waals surface area contributed by atoms with Gasteiger partial charge in [-0.1, -0.05) is 24.3 Å². The van der Waals surface area contributed by atoms with Crippen molar-refractivity contribution in [3.8, 4) is 11.5 Å². The zero-order valence-electron chi connectivity index (χ0n) is 18.5. The Kier molecular flexibility index (Phi) is 6.58. The number of carbonyl (C=O) groups excluding carboxylic acids is 1. The molecule has 1 aliphatic rings. The Balaban J connectivity index is 1.59. The number of para-hydroxylation sites is 3. The van der Waals surface area contributed by atoms with E-state index in [4.69, 9.17) is 9.47 Å². The number of rotatable bonds is 7. The summed E-state index contributed by atoms with van der Waals surface area (Å²) in [5, 5.41) is 2.90. The fourth-order valence-electron chi connectivity index (χ4n) is 4.13. The Morgan fingerprint density at radius 3 is 2.56 bits per heavy atom. The van der Waals surface area contributed by atoms with Crippen LogP contribution in [0.5, 0.6) is 11.5 Å². The molecule has 32 heavy (non-hydrogen) atoms. The molecule has 0 saturated carbocycles. The van der Waals surface area contributed by atoms with Crippen LogP contribution in [0.3, 0.4) is 0 Å². The van der Waals surface area contributed by atoms with Crippen molar-refractivity contribution in [1.82, 2.24) is 14.9 Å². The van der Waals surface area contributed by atoms with E-state index < -0.39 is 0 Å². The van der Waals surface area contributed by atoms with E-state index in [0.717, 1.165) is 37.9 Å². The van der Waals surface area contributed by atoms with Crippen molar-refractivity contribution in [3.05, 3.63) is 58.4 Å². The second-order valence-corrected chi connectivity index (χ2v) is 7.79. The van der Waals surface area contributed by atoms with Crippen LogP contribution in [0, 0.1) is 0 Å². The topological polar surface area (TPSA) is 85.7 Å². The largest absolute Gasteiger partial charge is 0.493 e. The van der Waals surface area contributed by atoms with E-state index in [1.54, 1.807) is 20.3 Å². The third-order valence-electron chi connectivity index (χ3n) is 5.75. The summed E-state index contributed by atoms with van der Waals surface area (Å²) in [7, 11) is 3.13. The van der Waals surface area contributed by atoms with Gasteiger partial charge >= 0.3 is 0 Å². The molecular weight excluding hydrogens is 408 g/mol. The number of ether oxygens (including phenoxy) is 2. The summed E-state index contributed by atoms with van der Waals surface area (Å²) in [4.78, 5) is 32.8. The molecule has 1 N–H and O–H groups in total. The molecule has 1 saturated heterocycles. The van der Waals surface area contributed by atoms with Gasteiger partial charge in [-0.15, -0.1) is 0 Å². The predicted octanol–water partition coefficient (Wildman–Crippen LogP) is 2.72. The van der Waals surface area contributed by atoms with Crippen molar-refractivity contribution in [2.75, 3.05) is 32.2 Å². The van der Waals surface area contributed by atoms with E-state index in [0.29, 0.717) is 28.4 Å². The minimum absolute atomic E-state index is 0.0883. The zero-order chi connectivity index (χ0) is 22.5. The summed E-state index contributed by atoms with van der Waals surface area (Å²) in [6.45, 7) is 1.79. The summed E-state index contributed by atoms with van der Waals surface area (Å²) in [6, 6.07) is 12.9. The molecule has 1 amide bonds. The molecule has 1 aromatic heterocycles. The Bertz CT molecular complexity index is 1170. The molecule has 3 aromatic rings. The molecule has 0 spiro atoms. The van der Waals surface area contributed by atoms with Gasteiger partial charge < -0.3 is 19.7 Å². The molecule has 2 heterocycles. The van der Waals surface area contributed by atoms with E-state index in [-0.39, 0.29) is 24.6 Å². The summed E-state index contributed by atoms with van der Waals surface area (Å²) in [5.41, 5.74) is 1.91. The number of fused-ring (bicyclic) bond motifs is 1. The van der Waals surface area contributed by atoms with Gasteiger partial charge in [-0.3, -0.25) is 14.2 Å². The van der Waals surface area contributed by atoms with Crippen LogP contribution >= 0.6 is 0 Å². The first kappa shape index (κ1) is 21.7. The van der Waals surface area contributed by atoms with Crippen LogP contribution in [0.25, 0.3) is 11.0 Å². The first-order valence-electron chi connectivity index (χ1n) is 10.8. The maximum atomic E-state index is 13.3. The number of methoxy groups -OCH3 is 2. The van der Waals surface area contributed by atoms with E-state index in [1.165, 1.54) is 4.57 Å². The van der Waals surface area contributed by atoms with Gasteiger partial charge in [-0.05, 0) is 37.5 Å². The first-order chi connectivity index (χ1) is 15.6. The number of anilines is 1. The number of hydrogen-bond acceptors (Lipinski definition) is 6. The second kappa shape index (κ2) is 9.72. The average Bonchev–Trinajstić information content (AvgIpc) is 2.84. The van der Waals surface area contributed by atoms with Gasteiger partial charge in [-0.25, -0.2) is 4.98 Å². The number of amides is 1. The van der Waals surface area contributed by atoms with Crippen LogP contribution in [-0.4, -0.2) is 42.8 Å². The van der Waals surface area contributed by atoms with Crippen molar-refractivity contribution < 1.29 is 14.3 Å². The lowest BCUT2D eigenvalue weighted by molar-refractivity contribution is -0.121. The summed E-state index contributed by atoms with van der Waals surface area (Å²) < 4.78 is 12.3. The van der Waals surface area contributed by atoms with Gasteiger partial charge in [0.1, 0.15) is 6.54 Å². The number of carbonyl (C=O) groups is 1. The molecule has 168 valence electrons. The van der Waals surface area contributed by atoms with E-state index in [2.05, 4.69) is 10.3 Å². The summed E-state index contributed by atoms with van der Waals surface area (Å²) >= 11 is 0. The lowest BCUT2D eigenvalue weighted by atomic mass is 10.1. The molecule has 2 aromatic carbocycles. The Labute approximate surface area is 186 Å². The lowest BCUT2D eigenvalue weighted by Crippen LogP contribution is -2.39. The van der Waals surface area contributed by atoms with Crippen LogP contribution in [0.2, 0.25) is 0 Å². The van der Waals surface area contributed by atoms with Crippen LogP contribution in [0.4, 0.5) is 5.82 Å². The highest BCUT2D eigenvalue weighted by Crippen LogP contribution is 2.30. The Morgan fingerprint density at radius 1 is 1.03 bits per heavy atom. The molecule has 4 rings (SSSR count). The van der Waals surface area contributed by atoms with E-state index in [1.807, 2.05) is 41.3 Å². The number of nitrogens with zero attached hydrogens (tertiary/aromatic N) is 3. The third-order valence-corrected chi connectivity index (χ3v) is 5.75. The quantitative estimate of drug-likeness (QED) is 0.613. The van der Waals surface area contributed by atoms with Gasteiger partial charge in [0.2, 0.25) is 5.91 Å². The SMILES string of the molecule is COc1cccc(CNC(=O)Cn2c(=O)c(N3CCCCC3)nc3ccccc32)c1OC. The van der Waals surface area contributed by atoms with Gasteiger partial charge in [-0.2, -0.15) is 0 Å². The first-order valence-corrected chi connectivity index (χ1v) is 10.8. The number of aromatic nitrogens is 2. The Morgan fingerprint density at radius 2 is 1.81 bits per heavy atom. The highest BCUT2D eigenvalue weighted by Gasteiger charge is 2.20. The molecule has 0 bridgehead atoms. The normalized spacial score (nSPS) is 13.8. The molecule has 8 heteroatoms. The highest BCUT2D eigenvalue weighted by molar-refractivity contribution is 5.81. The molecule has 1 aliphatic heterocycles. The second-order valence-electron chi connectivity index (χ2n) is 7.79. The molecular formula is C24H28N4O4. The van der Waals surface area contributed by atoms with Crippen LogP contribution in [0.1, 0.15) is 24.8 Å². The van der Waals surface area contributed by atoms with E-state index in [9.17, 15) is 9.59 Å². The summed E-state index contributed by atoms with van der Waals surface area (Å²) in [5.74, 6) is 1.33. The standard InChI is InChI=1S/C24H28N4O4/c1-31-20-12-8-9-17(22(20)32-2)15-25-21(29)16-28-19-11-5-4-10-18(19)26-23(24(28)30)27-13-6-3-7-14-27/h4-5,8-12H,3,6-7,13-16H2,1-2H3,(H,25,29). The van der Waals surface area contributed by atoms with E-state index >= 15 is 0 Å². The van der Waals surface area contributed by atoms with Crippen molar-refractivity contribution >= 4 is 22.8 Å². The van der Waals surface area contributed by atoms with Crippen LogP contribution in [-0.2, 0) is 17.9 Å². The van der Waals surface area contributed by atoms with Crippen LogP contribution < -0.4 is 25.2 Å². The number of piperidine rings is 1. The van der Waals surface area contributed by atoms with Gasteiger partial charge in [0, 0.05) is 25.2 Å². The molecule has 1 fully saturated rings. The van der Waals surface area contributed by atoms with Gasteiger partial charge in [0.15, 0.2) is 17.3 Å². The maximum Gasteiger partial charge on any atom is 0.294 e. The third kappa shape index (κ3) is 4.39. The highest BCUT2D eigenvalue weighted by atomic mass is 16.5. The van der Waals surface area contributed by atoms with Crippen molar-refractivity contribution in [2.45, 2.75) is 32.4 Å². The minimum atomic E-state index is -0.266. The van der Waals surface area contributed by atoms with Crippen molar-refractivity contribution in [1.29, 1.82) is 0 Å². The minimum Gasteiger partial charge on any atom is -0.493 e. The monoisotopic (exact) mass is 436 g/mol. The molecule has 0 unspecified atom stereocenters. The molecule has 0 radical (unpaired) electrons. The summed E-state index contributed by atoms with van der Waals surface area (Å²) in [6.07, 6.45) is 3.24.